The molecule has 0 spiro atoms. The molecule has 1 saturated heterocycles. The molecule has 166 valence electrons. The van der Waals surface area contributed by atoms with E-state index in [4.69, 9.17) is 20.2 Å². The summed E-state index contributed by atoms with van der Waals surface area (Å²) in [4.78, 5) is 17.8. The number of benzene rings is 1. The van der Waals surface area contributed by atoms with Gasteiger partial charge in [-0.05, 0) is 51.5 Å². The Kier molecular flexibility index (Phi) is 8.04. The fourth-order valence-corrected chi connectivity index (χ4v) is 4.07. The Labute approximate surface area is 179 Å². The summed E-state index contributed by atoms with van der Waals surface area (Å²) >= 11 is 0. The number of carbonyl (C=O) groups is 1. The van der Waals surface area contributed by atoms with Crippen molar-refractivity contribution < 1.29 is 14.3 Å². The number of carbonyl (C=O) groups excluding carboxylic acids is 1. The first-order valence-electron chi connectivity index (χ1n) is 11.0. The van der Waals surface area contributed by atoms with Crippen molar-refractivity contribution in [2.45, 2.75) is 64.1 Å². The molecule has 2 fully saturated rings. The summed E-state index contributed by atoms with van der Waals surface area (Å²) in [5.41, 5.74) is 6.39. The number of primary amides is 1. The van der Waals surface area contributed by atoms with Crippen LogP contribution in [0.1, 0.15) is 51.0 Å². The normalized spacial score (nSPS) is 18.3. The molecule has 1 heterocycles. The molecule has 3 rings (SSSR count). The van der Waals surface area contributed by atoms with Crippen LogP contribution < -0.4 is 25.8 Å². The monoisotopic (exact) mass is 417 g/mol. The van der Waals surface area contributed by atoms with E-state index < -0.39 is 0 Å². The largest absolute Gasteiger partial charge is 0.493 e. The minimum absolute atomic E-state index is 0.255. The van der Waals surface area contributed by atoms with Crippen molar-refractivity contribution in [3.8, 4) is 11.5 Å². The first kappa shape index (κ1) is 22.1. The minimum atomic E-state index is -0.346. The maximum Gasteiger partial charge on any atom is 0.314 e. The Balaban J connectivity index is 1.67. The number of nitrogens with two attached hydrogens (primary N) is 1. The van der Waals surface area contributed by atoms with E-state index in [0.717, 1.165) is 55.3 Å². The first-order chi connectivity index (χ1) is 14.6. The number of amides is 2. The lowest BCUT2D eigenvalue weighted by molar-refractivity contribution is 0.188. The van der Waals surface area contributed by atoms with E-state index in [1.54, 1.807) is 12.0 Å². The van der Waals surface area contributed by atoms with Crippen LogP contribution in [0, 0.1) is 0 Å². The maximum atomic E-state index is 11.3. The van der Waals surface area contributed by atoms with E-state index >= 15 is 0 Å². The Hall–Kier alpha value is -2.64. The summed E-state index contributed by atoms with van der Waals surface area (Å²) in [6.45, 7) is 4.65. The summed E-state index contributed by atoms with van der Waals surface area (Å²) in [6, 6.07) is 5.88. The third-order valence-electron chi connectivity index (χ3n) is 5.77. The van der Waals surface area contributed by atoms with Gasteiger partial charge in [0.1, 0.15) is 0 Å². The van der Waals surface area contributed by atoms with Crippen LogP contribution in [0.3, 0.4) is 0 Å². The van der Waals surface area contributed by atoms with Crippen LogP contribution in [0.15, 0.2) is 23.2 Å². The molecule has 0 atom stereocenters. The van der Waals surface area contributed by atoms with Gasteiger partial charge < -0.3 is 30.7 Å². The average molecular weight is 418 g/mol. The van der Waals surface area contributed by atoms with E-state index in [9.17, 15) is 4.79 Å². The minimum Gasteiger partial charge on any atom is -0.493 e. The van der Waals surface area contributed by atoms with Gasteiger partial charge in [0.25, 0.3) is 0 Å². The second-order valence-corrected chi connectivity index (χ2v) is 7.91. The van der Waals surface area contributed by atoms with Gasteiger partial charge in [-0.2, -0.15) is 0 Å². The van der Waals surface area contributed by atoms with Gasteiger partial charge in [-0.15, -0.1) is 0 Å². The molecule has 0 radical (unpaired) electrons. The van der Waals surface area contributed by atoms with E-state index in [1.165, 1.54) is 12.8 Å². The SMILES string of the molecule is CCNC(=NCc1cccc(OC)c1OC1CCCC1)NC1CCN(C(N)=O)CC1. The topological polar surface area (TPSA) is 101 Å². The van der Waals surface area contributed by atoms with Gasteiger partial charge in [-0.1, -0.05) is 12.1 Å². The maximum absolute atomic E-state index is 11.3. The Morgan fingerprint density at radius 1 is 1.23 bits per heavy atom. The highest BCUT2D eigenvalue weighted by molar-refractivity contribution is 5.80. The number of ether oxygens (including phenoxy) is 2. The predicted molar refractivity (Wildman–Crippen MR) is 118 cm³/mol. The van der Waals surface area contributed by atoms with E-state index in [-0.39, 0.29) is 18.2 Å². The molecule has 4 N–H and O–H groups in total. The van der Waals surface area contributed by atoms with Gasteiger partial charge >= 0.3 is 6.03 Å². The molecule has 1 saturated carbocycles. The lowest BCUT2D eigenvalue weighted by Gasteiger charge is -2.32. The number of likely N-dealkylation sites (tertiary alicyclic amines) is 1. The number of methoxy groups -OCH3 is 1. The number of rotatable bonds is 7. The molecule has 8 heteroatoms. The van der Waals surface area contributed by atoms with Crippen molar-refractivity contribution in [3.05, 3.63) is 23.8 Å². The smallest absolute Gasteiger partial charge is 0.314 e. The zero-order valence-corrected chi connectivity index (χ0v) is 18.2. The molecule has 1 aliphatic carbocycles. The molecular formula is C22H35N5O3. The molecule has 1 aromatic carbocycles. The molecule has 0 bridgehead atoms. The van der Waals surface area contributed by atoms with Gasteiger partial charge in [-0.3, -0.25) is 0 Å². The standard InChI is InChI=1S/C22H35N5O3/c1-3-24-22(26-17-11-13-27(14-12-17)21(23)28)25-15-16-7-6-10-19(29-2)20(16)30-18-8-4-5-9-18/h6-7,10,17-18H,3-5,8-9,11-15H2,1-2H3,(H2,23,28)(H2,24,25,26). The summed E-state index contributed by atoms with van der Waals surface area (Å²) < 4.78 is 11.9. The second kappa shape index (κ2) is 10.9. The third-order valence-corrected chi connectivity index (χ3v) is 5.77. The van der Waals surface area contributed by atoms with Crippen LogP contribution in [0.5, 0.6) is 11.5 Å². The van der Waals surface area contributed by atoms with E-state index in [1.807, 2.05) is 25.1 Å². The lowest BCUT2D eigenvalue weighted by Crippen LogP contribution is -2.50. The van der Waals surface area contributed by atoms with Crippen LogP contribution in [-0.4, -0.2) is 55.8 Å². The molecule has 1 aromatic rings. The van der Waals surface area contributed by atoms with Crippen molar-refractivity contribution >= 4 is 12.0 Å². The van der Waals surface area contributed by atoms with Gasteiger partial charge in [0, 0.05) is 31.2 Å². The third kappa shape index (κ3) is 5.93. The summed E-state index contributed by atoms with van der Waals surface area (Å²) in [7, 11) is 1.67. The van der Waals surface area contributed by atoms with Crippen LogP contribution in [0.25, 0.3) is 0 Å². The highest BCUT2D eigenvalue weighted by Gasteiger charge is 2.23. The van der Waals surface area contributed by atoms with Crippen molar-refractivity contribution in [1.29, 1.82) is 0 Å². The number of hydrogen-bond donors (Lipinski definition) is 3. The molecule has 8 nitrogen and oxygen atoms in total. The fraction of sp³-hybridized carbons (Fsp3) is 0.636. The number of para-hydroxylation sites is 1. The number of nitrogens with zero attached hydrogens (tertiary/aromatic N) is 2. The highest BCUT2D eigenvalue weighted by Crippen LogP contribution is 2.35. The van der Waals surface area contributed by atoms with Crippen molar-refractivity contribution in [1.82, 2.24) is 15.5 Å². The Morgan fingerprint density at radius 3 is 2.60 bits per heavy atom. The highest BCUT2D eigenvalue weighted by atomic mass is 16.5. The fourth-order valence-electron chi connectivity index (χ4n) is 4.07. The number of guanidine groups is 1. The number of piperidine rings is 1. The Morgan fingerprint density at radius 2 is 1.97 bits per heavy atom. The molecule has 30 heavy (non-hydrogen) atoms. The molecule has 0 aromatic heterocycles. The van der Waals surface area contributed by atoms with Gasteiger partial charge in [0.15, 0.2) is 17.5 Å². The quantitative estimate of drug-likeness (QED) is 0.468. The molecule has 2 amide bonds. The number of hydrogen-bond acceptors (Lipinski definition) is 4. The zero-order chi connectivity index (χ0) is 21.3. The van der Waals surface area contributed by atoms with E-state index in [2.05, 4.69) is 10.6 Å². The van der Waals surface area contributed by atoms with Crippen LogP contribution in [-0.2, 0) is 6.54 Å². The van der Waals surface area contributed by atoms with Crippen molar-refractivity contribution in [2.75, 3.05) is 26.7 Å². The number of urea groups is 1. The summed E-state index contributed by atoms with van der Waals surface area (Å²) in [6.07, 6.45) is 6.58. The molecule has 1 aliphatic heterocycles. The zero-order valence-electron chi connectivity index (χ0n) is 18.2. The number of nitrogens with one attached hydrogen (secondary N) is 2. The van der Waals surface area contributed by atoms with Crippen LogP contribution in [0.2, 0.25) is 0 Å². The molecule has 2 aliphatic rings. The summed E-state index contributed by atoms with van der Waals surface area (Å²) in [5.74, 6) is 2.33. The number of aliphatic imine (C=N–C) groups is 1. The van der Waals surface area contributed by atoms with Crippen LogP contribution >= 0.6 is 0 Å². The molecular weight excluding hydrogens is 382 g/mol. The van der Waals surface area contributed by atoms with Gasteiger partial charge in [0.2, 0.25) is 0 Å². The van der Waals surface area contributed by atoms with E-state index in [0.29, 0.717) is 19.6 Å². The van der Waals surface area contributed by atoms with Crippen molar-refractivity contribution in [3.63, 3.8) is 0 Å². The summed E-state index contributed by atoms with van der Waals surface area (Å²) in [5, 5.41) is 6.81. The average Bonchev–Trinajstić information content (AvgIpc) is 3.26. The molecule has 0 unspecified atom stereocenters. The Bertz CT molecular complexity index is 725. The lowest BCUT2D eigenvalue weighted by atomic mass is 10.1. The van der Waals surface area contributed by atoms with Crippen molar-refractivity contribution in [2.24, 2.45) is 10.7 Å². The van der Waals surface area contributed by atoms with Crippen LogP contribution in [0.4, 0.5) is 4.79 Å². The van der Waals surface area contributed by atoms with Gasteiger partial charge in [0.05, 0.1) is 19.8 Å². The second-order valence-electron chi connectivity index (χ2n) is 7.91. The van der Waals surface area contributed by atoms with Gasteiger partial charge in [-0.25, -0.2) is 9.79 Å². The first-order valence-corrected chi connectivity index (χ1v) is 11.0. The predicted octanol–water partition coefficient (Wildman–Crippen LogP) is 2.61.